The number of nitrogens with zero attached hydrogens (tertiary/aromatic N) is 4. The number of likely N-dealkylation sites (tertiary alicyclic amines) is 1. The summed E-state index contributed by atoms with van der Waals surface area (Å²) in [5.74, 6) is -1.23. The first kappa shape index (κ1) is 29.7. The Morgan fingerprint density at radius 3 is 2.61 bits per heavy atom. The maximum atomic E-state index is 13.9. The SMILES string of the molecule is Cc1cc(Oc2ccc(C(=O)N[C@H](C)C(=O)N3C(C(C)(C)C#N)CC[C@H]3c3ccc(F)c(Cl)c3)nc2C)c(=O)[nH]n1. The topological polar surface area (TPSA) is 141 Å². The average Bonchev–Trinajstić information content (AvgIpc) is 3.39. The maximum Gasteiger partial charge on any atom is 0.307 e. The van der Waals surface area contributed by atoms with E-state index in [0.29, 0.717) is 29.8 Å². The van der Waals surface area contributed by atoms with E-state index in [4.69, 9.17) is 16.3 Å². The summed E-state index contributed by atoms with van der Waals surface area (Å²) in [6.07, 6.45) is 1.10. The van der Waals surface area contributed by atoms with E-state index in [9.17, 15) is 24.0 Å². The zero-order valence-electron chi connectivity index (χ0n) is 23.3. The number of rotatable bonds is 7. The minimum absolute atomic E-state index is 0.0382. The molecule has 12 heteroatoms. The first-order valence-corrected chi connectivity index (χ1v) is 13.4. The predicted octanol–water partition coefficient (Wildman–Crippen LogP) is 4.77. The Bertz CT molecular complexity index is 1600. The van der Waals surface area contributed by atoms with Gasteiger partial charge in [0.25, 0.3) is 5.91 Å². The third-order valence-electron chi connectivity index (χ3n) is 7.19. The van der Waals surface area contributed by atoms with Gasteiger partial charge in [-0.05, 0) is 77.3 Å². The molecule has 0 aliphatic carbocycles. The van der Waals surface area contributed by atoms with E-state index in [1.807, 2.05) is 0 Å². The van der Waals surface area contributed by atoms with Crippen molar-refractivity contribution in [3.05, 3.63) is 80.2 Å². The minimum Gasteiger partial charge on any atom is -0.450 e. The molecule has 214 valence electrons. The highest BCUT2D eigenvalue weighted by molar-refractivity contribution is 6.30. The number of aryl methyl sites for hydroxylation is 2. The monoisotopic (exact) mass is 580 g/mol. The van der Waals surface area contributed by atoms with Crippen LogP contribution in [0.4, 0.5) is 4.39 Å². The molecule has 1 aliphatic heterocycles. The lowest BCUT2D eigenvalue weighted by Gasteiger charge is -2.38. The highest BCUT2D eigenvalue weighted by Gasteiger charge is 2.46. The van der Waals surface area contributed by atoms with Crippen molar-refractivity contribution in [1.29, 1.82) is 5.26 Å². The average molecular weight is 581 g/mol. The zero-order chi connectivity index (χ0) is 30.1. The summed E-state index contributed by atoms with van der Waals surface area (Å²) in [5.41, 5.74) is 0.228. The van der Waals surface area contributed by atoms with Gasteiger partial charge in [0, 0.05) is 6.07 Å². The summed E-state index contributed by atoms with van der Waals surface area (Å²) in [6, 6.07) is 9.18. The van der Waals surface area contributed by atoms with Crippen molar-refractivity contribution in [2.45, 2.75) is 65.6 Å². The molecule has 10 nitrogen and oxygen atoms in total. The molecule has 2 aromatic heterocycles. The number of pyridine rings is 1. The van der Waals surface area contributed by atoms with Gasteiger partial charge < -0.3 is 15.0 Å². The molecular weight excluding hydrogens is 551 g/mol. The summed E-state index contributed by atoms with van der Waals surface area (Å²) in [7, 11) is 0. The van der Waals surface area contributed by atoms with Gasteiger partial charge in [-0.1, -0.05) is 17.7 Å². The van der Waals surface area contributed by atoms with Gasteiger partial charge in [0.1, 0.15) is 23.3 Å². The molecule has 2 amide bonds. The molecule has 4 rings (SSSR count). The number of hydrogen-bond acceptors (Lipinski definition) is 7. The van der Waals surface area contributed by atoms with Crippen molar-refractivity contribution < 1.29 is 18.7 Å². The first-order valence-electron chi connectivity index (χ1n) is 13.0. The van der Waals surface area contributed by atoms with Crippen LogP contribution in [0.3, 0.4) is 0 Å². The minimum atomic E-state index is -0.965. The number of nitriles is 1. The smallest absolute Gasteiger partial charge is 0.307 e. The summed E-state index contributed by atoms with van der Waals surface area (Å²) in [5, 5.41) is 18.6. The molecule has 3 heterocycles. The number of aromatic amines is 1. The molecule has 41 heavy (non-hydrogen) atoms. The van der Waals surface area contributed by atoms with E-state index in [0.717, 1.165) is 0 Å². The molecule has 2 N–H and O–H groups in total. The van der Waals surface area contributed by atoms with Crippen molar-refractivity contribution in [2.24, 2.45) is 5.41 Å². The van der Waals surface area contributed by atoms with Gasteiger partial charge in [-0.15, -0.1) is 0 Å². The normalized spacial score (nSPS) is 17.6. The Hall–Kier alpha value is -4.30. The van der Waals surface area contributed by atoms with E-state index in [-0.39, 0.29) is 22.2 Å². The Labute approximate surface area is 241 Å². The highest BCUT2D eigenvalue weighted by Crippen LogP contribution is 2.44. The molecule has 3 aromatic rings. The molecule has 0 radical (unpaired) electrons. The van der Waals surface area contributed by atoms with Crippen LogP contribution >= 0.6 is 11.6 Å². The fraction of sp³-hybridized carbons (Fsp3) is 0.379. The number of nitrogens with one attached hydrogen (secondary N) is 2. The summed E-state index contributed by atoms with van der Waals surface area (Å²) in [6.45, 7) is 8.41. The second kappa shape index (κ2) is 11.7. The maximum absolute atomic E-state index is 13.9. The summed E-state index contributed by atoms with van der Waals surface area (Å²) < 4.78 is 19.5. The molecule has 1 aliphatic rings. The van der Waals surface area contributed by atoms with Gasteiger partial charge in [0.05, 0.1) is 40.0 Å². The second-order valence-electron chi connectivity index (χ2n) is 10.6. The Morgan fingerprint density at radius 1 is 1.22 bits per heavy atom. The van der Waals surface area contributed by atoms with Crippen LogP contribution in [0.15, 0.2) is 41.2 Å². The van der Waals surface area contributed by atoms with Gasteiger partial charge in [0.2, 0.25) is 5.91 Å². The third-order valence-corrected chi connectivity index (χ3v) is 7.48. The second-order valence-corrected chi connectivity index (χ2v) is 11.0. The van der Waals surface area contributed by atoms with Crippen molar-refractivity contribution >= 4 is 23.4 Å². The lowest BCUT2D eigenvalue weighted by Crippen LogP contribution is -2.52. The molecule has 0 bridgehead atoms. The van der Waals surface area contributed by atoms with Crippen molar-refractivity contribution in [3.63, 3.8) is 0 Å². The van der Waals surface area contributed by atoms with Crippen LogP contribution < -0.4 is 15.6 Å². The standard InChI is InChI=1S/C29H30ClFN6O4/c1-15-12-24(27(39)36-35-15)41-23-10-8-21(33-16(23)2)26(38)34-17(3)28(40)37-22(9-11-25(37)29(4,5)14-32)18-6-7-20(31)19(30)13-18/h6-8,10,12-13,17,22,25H,9,11H2,1-5H3,(H,34,38)(H,36,39)/t17-,22+,25?/m1/s1. The van der Waals surface area contributed by atoms with Gasteiger partial charge in [-0.25, -0.2) is 14.5 Å². The van der Waals surface area contributed by atoms with E-state index >= 15 is 0 Å². The Kier molecular flexibility index (Phi) is 8.44. The number of halogens is 2. The quantitative estimate of drug-likeness (QED) is 0.410. The Morgan fingerprint density at radius 2 is 1.95 bits per heavy atom. The summed E-state index contributed by atoms with van der Waals surface area (Å²) in [4.78, 5) is 44.8. The van der Waals surface area contributed by atoms with Crippen molar-refractivity contribution in [2.75, 3.05) is 0 Å². The number of amides is 2. The molecule has 0 spiro atoms. The lowest BCUT2D eigenvalue weighted by molar-refractivity contribution is -0.137. The molecule has 1 aromatic carbocycles. The predicted molar refractivity (Wildman–Crippen MR) is 149 cm³/mol. The van der Waals surface area contributed by atoms with E-state index in [1.54, 1.807) is 45.6 Å². The number of aromatic nitrogens is 3. The van der Waals surface area contributed by atoms with Crippen LogP contribution in [-0.2, 0) is 4.79 Å². The van der Waals surface area contributed by atoms with E-state index < -0.39 is 46.7 Å². The van der Waals surface area contributed by atoms with Crippen molar-refractivity contribution in [1.82, 2.24) is 25.4 Å². The molecule has 1 fully saturated rings. The fourth-order valence-electron chi connectivity index (χ4n) is 4.96. The van der Waals surface area contributed by atoms with Crippen LogP contribution in [0.25, 0.3) is 0 Å². The molecule has 1 saturated heterocycles. The number of ether oxygens (including phenoxy) is 1. The van der Waals surface area contributed by atoms with Crippen molar-refractivity contribution in [3.8, 4) is 17.6 Å². The van der Waals surface area contributed by atoms with E-state index in [2.05, 4.69) is 26.6 Å². The van der Waals surface area contributed by atoms with E-state index in [1.165, 1.54) is 30.3 Å². The van der Waals surface area contributed by atoms with Gasteiger partial charge in [0.15, 0.2) is 5.75 Å². The van der Waals surface area contributed by atoms with Crippen LogP contribution in [0.2, 0.25) is 5.02 Å². The largest absolute Gasteiger partial charge is 0.450 e. The number of carbonyl (C=O) groups is 2. The summed E-state index contributed by atoms with van der Waals surface area (Å²) >= 11 is 6.03. The highest BCUT2D eigenvalue weighted by atomic mass is 35.5. The zero-order valence-corrected chi connectivity index (χ0v) is 24.0. The lowest BCUT2D eigenvalue weighted by atomic mass is 9.84. The van der Waals surface area contributed by atoms with Crippen LogP contribution in [0, 0.1) is 36.4 Å². The number of carbonyl (C=O) groups excluding carboxylic acids is 2. The fourth-order valence-corrected chi connectivity index (χ4v) is 5.15. The Balaban J connectivity index is 1.54. The third kappa shape index (κ3) is 6.23. The molecule has 1 unspecified atom stereocenters. The number of benzene rings is 1. The van der Waals surface area contributed by atoms with Crippen LogP contribution in [0.1, 0.15) is 67.1 Å². The first-order chi connectivity index (χ1) is 19.3. The molecule has 0 saturated carbocycles. The number of H-pyrrole nitrogens is 1. The molecular formula is C29H30ClFN6O4. The number of hydrogen-bond donors (Lipinski definition) is 2. The van der Waals surface area contributed by atoms with Gasteiger partial charge in [-0.2, -0.15) is 10.4 Å². The van der Waals surface area contributed by atoms with Gasteiger partial charge >= 0.3 is 5.56 Å². The van der Waals surface area contributed by atoms with Gasteiger partial charge in [-0.3, -0.25) is 14.4 Å². The molecule has 3 atom stereocenters. The van der Waals surface area contributed by atoms with Crippen LogP contribution in [-0.4, -0.2) is 44.0 Å². The van der Waals surface area contributed by atoms with Crippen LogP contribution in [0.5, 0.6) is 11.5 Å².